The lowest BCUT2D eigenvalue weighted by atomic mass is 10.2. The van der Waals surface area contributed by atoms with Crippen LogP contribution in [0.1, 0.15) is 10.8 Å². The highest BCUT2D eigenvalue weighted by Gasteiger charge is 2.16. The van der Waals surface area contributed by atoms with Gasteiger partial charge in [-0.2, -0.15) is 9.47 Å². The van der Waals surface area contributed by atoms with Crippen LogP contribution in [0.4, 0.5) is 10.8 Å². The highest BCUT2D eigenvalue weighted by atomic mass is 32.1. The molecule has 0 atom stereocenters. The SMILES string of the molecule is Cc1nc(-c2c(N)nsc2NCCc2ncn(C)n2)cs1. The van der Waals surface area contributed by atoms with Crippen molar-refractivity contribution in [2.75, 3.05) is 17.6 Å². The lowest BCUT2D eigenvalue weighted by Crippen LogP contribution is -2.06. The molecule has 0 aliphatic rings. The molecule has 3 heterocycles. The normalized spacial score (nSPS) is 11.0. The number of aromatic nitrogens is 5. The molecule has 0 aromatic carbocycles. The first-order valence-corrected chi connectivity index (χ1v) is 8.05. The van der Waals surface area contributed by atoms with Crippen molar-refractivity contribution in [3.8, 4) is 11.3 Å². The molecule has 0 spiro atoms. The second kappa shape index (κ2) is 5.78. The maximum atomic E-state index is 5.96. The molecule has 0 saturated heterocycles. The van der Waals surface area contributed by atoms with Gasteiger partial charge in [-0.25, -0.2) is 9.97 Å². The van der Waals surface area contributed by atoms with Gasteiger partial charge in [-0.05, 0) is 18.5 Å². The average Bonchev–Trinajstić information content (AvgIpc) is 3.12. The summed E-state index contributed by atoms with van der Waals surface area (Å²) in [5.74, 6) is 1.33. The first-order chi connectivity index (χ1) is 10.1. The summed E-state index contributed by atoms with van der Waals surface area (Å²) in [4.78, 5) is 8.68. The van der Waals surface area contributed by atoms with Crippen molar-refractivity contribution >= 4 is 33.7 Å². The predicted molar refractivity (Wildman–Crippen MR) is 85.6 cm³/mol. The van der Waals surface area contributed by atoms with Gasteiger partial charge in [0.1, 0.15) is 17.1 Å². The molecular weight excluding hydrogens is 306 g/mol. The molecule has 21 heavy (non-hydrogen) atoms. The van der Waals surface area contributed by atoms with Crippen LogP contribution in [0.15, 0.2) is 11.7 Å². The Hall–Kier alpha value is -2.00. The third-order valence-corrected chi connectivity index (χ3v) is 4.47. The van der Waals surface area contributed by atoms with Crippen LogP contribution in [-0.2, 0) is 13.5 Å². The molecule has 0 fully saturated rings. The molecule has 0 radical (unpaired) electrons. The summed E-state index contributed by atoms with van der Waals surface area (Å²) in [6.07, 6.45) is 2.44. The summed E-state index contributed by atoms with van der Waals surface area (Å²) >= 11 is 2.96. The van der Waals surface area contributed by atoms with Crippen LogP contribution < -0.4 is 11.1 Å². The van der Waals surface area contributed by atoms with Gasteiger partial charge >= 0.3 is 0 Å². The van der Waals surface area contributed by atoms with Crippen molar-refractivity contribution in [1.82, 2.24) is 24.1 Å². The smallest absolute Gasteiger partial charge is 0.152 e. The van der Waals surface area contributed by atoms with Crippen LogP contribution in [0.5, 0.6) is 0 Å². The van der Waals surface area contributed by atoms with Gasteiger partial charge in [0.15, 0.2) is 5.82 Å². The van der Waals surface area contributed by atoms with Crippen molar-refractivity contribution in [1.29, 1.82) is 0 Å². The largest absolute Gasteiger partial charge is 0.382 e. The Morgan fingerprint density at radius 3 is 2.95 bits per heavy atom. The summed E-state index contributed by atoms with van der Waals surface area (Å²) in [5.41, 5.74) is 7.73. The second-order valence-electron chi connectivity index (χ2n) is 4.53. The molecule has 3 aromatic heterocycles. The van der Waals surface area contributed by atoms with Crippen LogP contribution in [-0.4, -0.2) is 30.7 Å². The predicted octanol–water partition coefficient (Wildman–Crippen LogP) is 1.94. The number of rotatable bonds is 5. The van der Waals surface area contributed by atoms with E-state index in [1.165, 1.54) is 11.5 Å². The van der Waals surface area contributed by atoms with Crippen LogP contribution >= 0.6 is 22.9 Å². The maximum Gasteiger partial charge on any atom is 0.152 e. The van der Waals surface area contributed by atoms with Gasteiger partial charge < -0.3 is 11.1 Å². The number of hydrogen-bond acceptors (Lipinski definition) is 8. The number of nitrogens with zero attached hydrogens (tertiary/aromatic N) is 5. The Bertz CT molecular complexity index is 742. The van der Waals surface area contributed by atoms with Gasteiger partial charge in [0.2, 0.25) is 0 Å². The van der Waals surface area contributed by atoms with Crippen molar-refractivity contribution < 1.29 is 0 Å². The van der Waals surface area contributed by atoms with E-state index < -0.39 is 0 Å². The Morgan fingerprint density at radius 2 is 2.29 bits per heavy atom. The number of thiazole rings is 1. The Labute approximate surface area is 130 Å². The Morgan fingerprint density at radius 1 is 1.43 bits per heavy atom. The van der Waals surface area contributed by atoms with Gasteiger partial charge in [0.25, 0.3) is 0 Å². The quantitative estimate of drug-likeness (QED) is 0.746. The number of anilines is 2. The van der Waals surface area contributed by atoms with Crippen molar-refractivity contribution in [3.05, 3.63) is 22.5 Å². The molecule has 0 aliphatic carbocycles. The molecule has 110 valence electrons. The zero-order valence-electron chi connectivity index (χ0n) is 11.7. The van der Waals surface area contributed by atoms with Crippen LogP contribution in [0, 0.1) is 6.92 Å². The number of aryl methyl sites for hydroxylation is 2. The second-order valence-corrected chi connectivity index (χ2v) is 6.37. The summed E-state index contributed by atoms with van der Waals surface area (Å²) in [5, 5.41) is 11.6. The van der Waals surface area contributed by atoms with Gasteiger partial charge in [-0.15, -0.1) is 11.3 Å². The van der Waals surface area contributed by atoms with Crippen LogP contribution in [0.3, 0.4) is 0 Å². The lowest BCUT2D eigenvalue weighted by molar-refractivity contribution is 0.742. The van der Waals surface area contributed by atoms with E-state index in [4.69, 9.17) is 5.73 Å². The zero-order valence-corrected chi connectivity index (χ0v) is 13.3. The highest BCUT2D eigenvalue weighted by molar-refractivity contribution is 7.11. The molecule has 7 nitrogen and oxygen atoms in total. The standard InChI is InChI=1S/C12H15N7S2/c1-7-16-8(5-20-7)10-11(13)18-21-12(10)14-4-3-9-15-6-19(2)17-9/h5-6,14H,3-4H2,1-2H3,(H2,13,18). The molecule has 0 bridgehead atoms. The van der Waals surface area contributed by atoms with Gasteiger partial charge in [0, 0.05) is 25.4 Å². The first kappa shape index (κ1) is 14.0. The molecule has 0 unspecified atom stereocenters. The molecule has 3 N–H and O–H groups in total. The molecular formula is C12H15N7S2. The van der Waals surface area contributed by atoms with E-state index in [2.05, 4.69) is 24.8 Å². The van der Waals surface area contributed by atoms with Gasteiger partial charge in [-0.1, -0.05) is 0 Å². The summed E-state index contributed by atoms with van der Waals surface area (Å²) in [6, 6.07) is 0. The molecule has 0 aliphatic heterocycles. The minimum Gasteiger partial charge on any atom is -0.382 e. The summed E-state index contributed by atoms with van der Waals surface area (Å²) < 4.78 is 5.92. The average molecular weight is 321 g/mol. The van der Waals surface area contributed by atoms with Crippen molar-refractivity contribution in [2.24, 2.45) is 7.05 Å². The third kappa shape index (κ3) is 3.03. The number of nitrogen functional groups attached to an aromatic ring is 1. The first-order valence-electron chi connectivity index (χ1n) is 6.39. The van der Waals surface area contributed by atoms with Gasteiger partial charge in [0.05, 0.1) is 16.3 Å². The fourth-order valence-electron chi connectivity index (χ4n) is 1.94. The number of nitrogens with one attached hydrogen (secondary N) is 1. The lowest BCUT2D eigenvalue weighted by Gasteiger charge is -2.04. The monoisotopic (exact) mass is 321 g/mol. The van der Waals surface area contributed by atoms with E-state index in [0.717, 1.165) is 40.1 Å². The third-order valence-electron chi connectivity index (χ3n) is 2.87. The minimum atomic E-state index is 0.517. The minimum absolute atomic E-state index is 0.517. The number of hydrogen-bond donors (Lipinski definition) is 2. The van der Waals surface area contributed by atoms with Crippen LogP contribution in [0.25, 0.3) is 11.3 Å². The fourth-order valence-corrected chi connectivity index (χ4v) is 3.29. The Kier molecular flexibility index (Phi) is 3.84. The van der Waals surface area contributed by atoms with E-state index in [9.17, 15) is 0 Å². The molecule has 9 heteroatoms. The van der Waals surface area contributed by atoms with E-state index in [1.54, 1.807) is 22.3 Å². The van der Waals surface area contributed by atoms with Crippen LogP contribution in [0.2, 0.25) is 0 Å². The van der Waals surface area contributed by atoms with E-state index in [0.29, 0.717) is 5.82 Å². The maximum absolute atomic E-state index is 5.96. The molecule has 0 amide bonds. The molecule has 3 aromatic rings. The van der Waals surface area contributed by atoms with Crippen molar-refractivity contribution in [3.63, 3.8) is 0 Å². The number of nitrogens with two attached hydrogens (primary N) is 1. The summed E-state index contributed by atoms with van der Waals surface area (Å²) in [6.45, 7) is 2.70. The van der Waals surface area contributed by atoms with E-state index in [-0.39, 0.29) is 0 Å². The topological polar surface area (TPSA) is 94.5 Å². The van der Waals surface area contributed by atoms with Crippen molar-refractivity contribution in [2.45, 2.75) is 13.3 Å². The highest BCUT2D eigenvalue weighted by Crippen LogP contribution is 2.36. The fraction of sp³-hybridized carbons (Fsp3) is 0.333. The Balaban J connectivity index is 1.71. The summed E-state index contributed by atoms with van der Waals surface area (Å²) in [7, 11) is 1.86. The zero-order chi connectivity index (χ0) is 14.8. The molecule has 3 rings (SSSR count). The van der Waals surface area contributed by atoms with E-state index in [1.807, 2.05) is 19.4 Å². The van der Waals surface area contributed by atoms with Gasteiger partial charge in [-0.3, -0.25) is 4.68 Å². The molecule has 0 saturated carbocycles. The van der Waals surface area contributed by atoms with E-state index >= 15 is 0 Å².